The lowest BCUT2D eigenvalue weighted by molar-refractivity contribution is -0.00548. The van der Waals surface area contributed by atoms with Crippen molar-refractivity contribution in [2.24, 2.45) is 40.9 Å². The first-order valence-electron chi connectivity index (χ1n) is 13.3. The van der Waals surface area contributed by atoms with Crippen LogP contribution in [-0.2, 0) is 0 Å². The molecular formula is C26H48O6. The van der Waals surface area contributed by atoms with E-state index >= 15 is 0 Å². The smallest absolute Gasteiger partial charge is 0.0542 e. The fraction of sp³-hybridized carbons (Fsp3) is 1.00. The van der Waals surface area contributed by atoms with Crippen molar-refractivity contribution in [2.45, 2.75) is 95.7 Å². The van der Waals surface area contributed by atoms with Crippen molar-refractivity contribution < 1.29 is 30.6 Å². The van der Waals surface area contributed by atoms with Crippen LogP contribution in [-0.4, -0.2) is 69.3 Å². The van der Waals surface area contributed by atoms with Crippen molar-refractivity contribution in [1.82, 2.24) is 0 Å². The van der Waals surface area contributed by atoms with Gasteiger partial charge in [-0.15, -0.1) is 0 Å². The van der Waals surface area contributed by atoms with Crippen LogP contribution in [0.3, 0.4) is 0 Å². The fourth-order valence-electron chi connectivity index (χ4n) is 7.47. The Hall–Kier alpha value is -0.240. The van der Waals surface area contributed by atoms with Gasteiger partial charge in [0.05, 0.1) is 25.4 Å². The number of hydrogen-bond acceptors (Lipinski definition) is 6. The van der Waals surface area contributed by atoms with E-state index in [2.05, 4.69) is 0 Å². The number of rotatable bonds is 4. The van der Waals surface area contributed by atoms with E-state index in [4.69, 9.17) is 20.4 Å². The minimum absolute atomic E-state index is 0.107. The molecule has 4 unspecified atom stereocenters. The zero-order valence-corrected chi connectivity index (χ0v) is 19.8. The van der Waals surface area contributed by atoms with Crippen LogP contribution in [0, 0.1) is 40.9 Å². The topological polar surface area (TPSA) is 121 Å². The molecule has 5 aliphatic carbocycles. The van der Waals surface area contributed by atoms with Gasteiger partial charge in [0.1, 0.15) is 0 Å². The summed E-state index contributed by atoms with van der Waals surface area (Å²) in [5, 5.41) is 54.5. The third kappa shape index (κ3) is 6.25. The van der Waals surface area contributed by atoms with Gasteiger partial charge in [-0.05, 0) is 119 Å². The number of fused-ring (bicyclic) bond motifs is 5. The number of aliphatic hydroxyl groups excluding tert-OH is 6. The van der Waals surface area contributed by atoms with Gasteiger partial charge in [-0.3, -0.25) is 0 Å². The summed E-state index contributed by atoms with van der Waals surface area (Å²) in [5.74, 6) is 4.28. The molecule has 5 fully saturated rings. The molecule has 5 saturated carbocycles. The quantitative estimate of drug-likeness (QED) is 0.387. The second kappa shape index (κ2) is 12.5. The lowest BCUT2D eigenvalue weighted by Crippen LogP contribution is -2.38. The predicted octanol–water partition coefficient (Wildman–Crippen LogP) is 2.47. The van der Waals surface area contributed by atoms with Crippen molar-refractivity contribution in [3.63, 3.8) is 0 Å². The number of aliphatic hydroxyl groups is 6. The van der Waals surface area contributed by atoms with Gasteiger partial charge in [0.25, 0.3) is 0 Å². The van der Waals surface area contributed by atoms with Crippen LogP contribution in [0.2, 0.25) is 0 Å². The SMILES string of the molecule is OC1CCC(O)CC1.OCC1(CO)CCC2C3CCC(C3)C21.OCC1CCC(CO)CC1. The van der Waals surface area contributed by atoms with Crippen molar-refractivity contribution in [3.05, 3.63) is 0 Å². The van der Waals surface area contributed by atoms with Crippen LogP contribution in [0.4, 0.5) is 0 Å². The standard InChI is InChI=1S/C12H20O2.C8H16O2.C6H12O2/c13-6-12(7-14)4-3-10-8-1-2-9(5-8)11(10)12;9-5-7-1-2-8(6-10)4-3-7;7-5-1-2-6(8)4-3-5/h8-11,13-14H,1-7H2;7-10H,1-6H2;5-8H,1-4H2. The third-order valence-electron chi connectivity index (χ3n) is 9.55. The van der Waals surface area contributed by atoms with Crippen molar-refractivity contribution in [3.8, 4) is 0 Å². The van der Waals surface area contributed by atoms with Crippen LogP contribution in [0.25, 0.3) is 0 Å². The van der Waals surface area contributed by atoms with Crippen molar-refractivity contribution in [2.75, 3.05) is 26.4 Å². The van der Waals surface area contributed by atoms with Crippen LogP contribution in [0.5, 0.6) is 0 Å². The minimum atomic E-state index is -0.140. The minimum Gasteiger partial charge on any atom is -0.396 e. The molecule has 0 aromatic carbocycles. The van der Waals surface area contributed by atoms with Gasteiger partial charge in [0, 0.05) is 18.6 Å². The fourth-order valence-corrected chi connectivity index (χ4v) is 7.47. The monoisotopic (exact) mass is 456 g/mol. The first-order valence-corrected chi connectivity index (χ1v) is 13.3. The third-order valence-corrected chi connectivity index (χ3v) is 9.55. The van der Waals surface area contributed by atoms with Gasteiger partial charge in [0.15, 0.2) is 0 Å². The van der Waals surface area contributed by atoms with E-state index < -0.39 is 0 Å². The number of hydrogen-bond donors (Lipinski definition) is 6. The molecule has 5 aliphatic rings. The lowest BCUT2D eigenvalue weighted by Gasteiger charge is -2.37. The van der Waals surface area contributed by atoms with Crippen LogP contribution < -0.4 is 0 Å². The first kappa shape index (κ1) is 26.4. The molecule has 4 atom stereocenters. The molecule has 2 bridgehead atoms. The molecule has 0 radical (unpaired) electrons. The Labute approximate surface area is 194 Å². The summed E-state index contributed by atoms with van der Waals surface area (Å²) >= 11 is 0. The van der Waals surface area contributed by atoms with E-state index in [1.165, 1.54) is 25.7 Å². The van der Waals surface area contributed by atoms with Crippen LogP contribution >= 0.6 is 0 Å². The lowest BCUT2D eigenvalue weighted by atomic mass is 9.70. The molecule has 0 aliphatic heterocycles. The van der Waals surface area contributed by atoms with E-state index in [1.807, 2.05) is 0 Å². The van der Waals surface area contributed by atoms with Crippen molar-refractivity contribution in [1.29, 1.82) is 0 Å². The Kier molecular flexibility index (Phi) is 10.3. The molecule has 6 heteroatoms. The van der Waals surface area contributed by atoms with Crippen LogP contribution in [0.1, 0.15) is 83.5 Å². The van der Waals surface area contributed by atoms with Crippen molar-refractivity contribution >= 4 is 0 Å². The molecule has 6 nitrogen and oxygen atoms in total. The highest BCUT2D eigenvalue weighted by Crippen LogP contribution is 2.64. The zero-order chi connectivity index (χ0) is 23.1. The second-order valence-electron chi connectivity index (χ2n) is 11.5. The van der Waals surface area contributed by atoms with Crippen LogP contribution in [0.15, 0.2) is 0 Å². The molecule has 188 valence electrons. The van der Waals surface area contributed by atoms with Gasteiger partial charge in [-0.2, -0.15) is 0 Å². The molecule has 0 aromatic heterocycles. The van der Waals surface area contributed by atoms with Gasteiger partial charge in [-0.25, -0.2) is 0 Å². The molecular weight excluding hydrogens is 408 g/mol. The zero-order valence-electron chi connectivity index (χ0n) is 19.8. The summed E-state index contributed by atoms with van der Waals surface area (Å²) in [5.41, 5.74) is -0.107. The first-order chi connectivity index (χ1) is 15.5. The maximum Gasteiger partial charge on any atom is 0.0542 e. The van der Waals surface area contributed by atoms with E-state index in [0.717, 1.165) is 75.5 Å². The summed E-state index contributed by atoms with van der Waals surface area (Å²) in [6.07, 6.45) is 13.7. The molecule has 0 spiro atoms. The average molecular weight is 457 g/mol. The van der Waals surface area contributed by atoms with Gasteiger partial charge < -0.3 is 30.6 Å². The normalized spacial score (nSPS) is 41.8. The van der Waals surface area contributed by atoms with E-state index in [1.54, 1.807) is 0 Å². The molecule has 32 heavy (non-hydrogen) atoms. The van der Waals surface area contributed by atoms with E-state index in [9.17, 15) is 10.2 Å². The largest absolute Gasteiger partial charge is 0.396 e. The van der Waals surface area contributed by atoms with Gasteiger partial charge >= 0.3 is 0 Å². The van der Waals surface area contributed by atoms with E-state index in [-0.39, 0.29) is 30.8 Å². The highest BCUT2D eigenvalue weighted by molar-refractivity contribution is 5.08. The van der Waals surface area contributed by atoms with Gasteiger partial charge in [-0.1, -0.05) is 0 Å². The Balaban J connectivity index is 0.000000143. The second-order valence-corrected chi connectivity index (χ2v) is 11.5. The molecule has 0 saturated heterocycles. The summed E-state index contributed by atoms with van der Waals surface area (Å²) < 4.78 is 0. The van der Waals surface area contributed by atoms with E-state index in [0.29, 0.717) is 31.0 Å². The van der Waals surface area contributed by atoms with Gasteiger partial charge in [0.2, 0.25) is 0 Å². The molecule has 0 aromatic rings. The molecule has 0 heterocycles. The average Bonchev–Trinajstić information content (AvgIpc) is 3.55. The highest BCUT2D eigenvalue weighted by atomic mass is 16.3. The Morgan fingerprint density at radius 3 is 1.47 bits per heavy atom. The molecule has 0 amide bonds. The molecule has 6 N–H and O–H groups in total. The maximum absolute atomic E-state index is 9.53. The summed E-state index contributed by atoms with van der Waals surface area (Å²) in [6.45, 7) is 1.07. The molecule has 5 rings (SSSR count). The summed E-state index contributed by atoms with van der Waals surface area (Å²) in [6, 6.07) is 0. The summed E-state index contributed by atoms with van der Waals surface area (Å²) in [4.78, 5) is 0. The Morgan fingerprint density at radius 1 is 0.562 bits per heavy atom. The highest BCUT2D eigenvalue weighted by Gasteiger charge is 2.59. The Morgan fingerprint density at radius 2 is 1.03 bits per heavy atom. The summed E-state index contributed by atoms with van der Waals surface area (Å²) in [7, 11) is 0. The Bertz CT molecular complexity index is 500. The predicted molar refractivity (Wildman–Crippen MR) is 124 cm³/mol. The maximum atomic E-state index is 9.53.